The molecule has 1 saturated heterocycles. The van der Waals surface area contributed by atoms with Crippen molar-refractivity contribution in [2.75, 3.05) is 26.3 Å². The van der Waals surface area contributed by atoms with E-state index in [-0.39, 0.29) is 6.61 Å². The molecule has 2 N–H and O–H groups in total. The van der Waals surface area contributed by atoms with Crippen molar-refractivity contribution in [2.24, 2.45) is 0 Å². The van der Waals surface area contributed by atoms with Crippen LogP contribution in [-0.4, -0.2) is 58.6 Å². The molecule has 1 fully saturated rings. The number of aliphatic hydroxyl groups excluding tert-OH is 2. The maximum absolute atomic E-state index is 10.1. The van der Waals surface area contributed by atoms with E-state index in [1.807, 2.05) is 24.4 Å². The van der Waals surface area contributed by atoms with Gasteiger partial charge >= 0.3 is 0 Å². The van der Waals surface area contributed by atoms with Crippen molar-refractivity contribution in [1.29, 1.82) is 0 Å². The smallest absolute Gasteiger partial charge is 0.103 e. The van der Waals surface area contributed by atoms with E-state index in [1.165, 1.54) is 19.3 Å². The second-order valence-electron chi connectivity index (χ2n) is 6.36. The van der Waals surface area contributed by atoms with E-state index < -0.39 is 12.2 Å². The molecule has 23 heavy (non-hydrogen) atoms. The van der Waals surface area contributed by atoms with Crippen LogP contribution in [0.15, 0.2) is 24.4 Å². The standard InChI is InChI=1S/C18H30N2O3/c21-17-9-12-20(14-16-8-4-5-10-19-16)11-6-2-1-3-7-13-23-15-18(17)22/h4-5,8,10,17-18,21-22H,1-3,6-7,9,11-15H2/t17-,18+/m0/s1. The predicted molar refractivity (Wildman–Crippen MR) is 90.0 cm³/mol. The van der Waals surface area contributed by atoms with E-state index >= 15 is 0 Å². The Hall–Kier alpha value is -1.01. The van der Waals surface area contributed by atoms with Crippen molar-refractivity contribution in [2.45, 2.75) is 57.3 Å². The summed E-state index contributed by atoms with van der Waals surface area (Å²) in [5.41, 5.74) is 1.05. The van der Waals surface area contributed by atoms with E-state index in [9.17, 15) is 10.2 Å². The van der Waals surface area contributed by atoms with E-state index in [1.54, 1.807) is 0 Å². The monoisotopic (exact) mass is 322 g/mol. The minimum Gasteiger partial charge on any atom is -0.390 e. The number of hydrogen-bond acceptors (Lipinski definition) is 5. The molecule has 2 heterocycles. The third kappa shape index (κ3) is 7.40. The SMILES string of the molecule is O[C@@H]1COCCCCCCCN(Cc2ccccn2)CC[C@@H]1O. The molecule has 5 nitrogen and oxygen atoms in total. The lowest BCUT2D eigenvalue weighted by Gasteiger charge is -2.25. The van der Waals surface area contributed by atoms with Crippen LogP contribution in [0, 0.1) is 0 Å². The number of aromatic nitrogens is 1. The number of nitrogens with zero attached hydrogens (tertiary/aromatic N) is 2. The Kier molecular flexibility index (Phi) is 8.53. The molecule has 0 aromatic carbocycles. The molecule has 2 rings (SSSR count). The Bertz CT molecular complexity index is 416. The maximum atomic E-state index is 10.1. The molecule has 1 aromatic heterocycles. The second-order valence-corrected chi connectivity index (χ2v) is 6.36. The van der Waals surface area contributed by atoms with Crippen molar-refractivity contribution in [3.63, 3.8) is 0 Å². The van der Waals surface area contributed by atoms with Crippen molar-refractivity contribution >= 4 is 0 Å². The Morgan fingerprint density at radius 3 is 2.70 bits per heavy atom. The van der Waals surface area contributed by atoms with Gasteiger partial charge in [0.2, 0.25) is 0 Å². The van der Waals surface area contributed by atoms with Crippen LogP contribution in [0.1, 0.15) is 44.2 Å². The van der Waals surface area contributed by atoms with Crippen molar-refractivity contribution in [3.8, 4) is 0 Å². The average Bonchev–Trinajstić information content (AvgIpc) is 2.57. The van der Waals surface area contributed by atoms with Crippen molar-refractivity contribution in [3.05, 3.63) is 30.1 Å². The van der Waals surface area contributed by atoms with Crippen LogP contribution in [0.5, 0.6) is 0 Å². The molecule has 0 aliphatic carbocycles. The lowest BCUT2D eigenvalue weighted by Crippen LogP contribution is -2.35. The summed E-state index contributed by atoms with van der Waals surface area (Å²) in [6.07, 6.45) is 6.65. The summed E-state index contributed by atoms with van der Waals surface area (Å²) in [6, 6.07) is 5.96. The first-order chi connectivity index (χ1) is 11.3. The van der Waals surface area contributed by atoms with Crippen LogP contribution < -0.4 is 0 Å². The average molecular weight is 322 g/mol. The van der Waals surface area contributed by atoms with Gasteiger partial charge in [0.15, 0.2) is 0 Å². The maximum Gasteiger partial charge on any atom is 0.103 e. The summed E-state index contributed by atoms with van der Waals surface area (Å²) in [5, 5.41) is 20.1. The molecule has 0 saturated carbocycles. The Morgan fingerprint density at radius 1 is 1.04 bits per heavy atom. The molecule has 0 amide bonds. The first kappa shape index (κ1) is 18.3. The van der Waals surface area contributed by atoms with Crippen LogP contribution in [-0.2, 0) is 11.3 Å². The van der Waals surface area contributed by atoms with Crippen molar-refractivity contribution < 1.29 is 14.9 Å². The Balaban J connectivity index is 1.89. The third-order valence-electron chi connectivity index (χ3n) is 4.35. The Labute approximate surface area is 139 Å². The fourth-order valence-corrected chi connectivity index (χ4v) is 2.88. The van der Waals surface area contributed by atoms with Gasteiger partial charge in [-0.2, -0.15) is 0 Å². The van der Waals surface area contributed by atoms with Gasteiger partial charge in [0.25, 0.3) is 0 Å². The number of pyridine rings is 1. The highest BCUT2D eigenvalue weighted by atomic mass is 16.5. The van der Waals surface area contributed by atoms with E-state index in [2.05, 4.69) is 9.88 Å². The summed E-state index contributed by atoms with van der Waals surface area (Å²) in [7, 11) is 0. The highest BCUT2D eigenvalue weighted by molar-refractivity contribution is 5.03. The quantitative estimate of drug-likeness (QED) is 0.871. The fraction of sp³-hybridized carbons (Fsp3) is 0.722. The van der Waals surface area contributed by atoms with Gasteiger partial charge in [0.1, 0.15) is 6.10 Å². The molecule has 130 valence electrons. The summed E-state index contributed by atoms with van der Waals surface area (Å²) in [4.78, 5) is 6.71. The number of rotatable bonds is 2. The highest BCUT2D eigenvalue weighted by Crippen LogP contribution is 2.11. The van der Waals surface area contributed by atoms with Crippen molar-refractivity contribution in [1.82, 2.24) is 9.88 Å². The van der Waals surface area contributed by atoms with Crippen LogP contribution >= 0.6 is 0 Å². The van der Waals surface area contributed by atoms with Gasteiger partial charge in [-0.1, -0.05) is 25.3 Å². The first-order valence-electron chi connectivity index (χ1n) is 8.82. The lowest BCUT2D eigenvalue weighted by atomic mass is 10.1. The molecule has 0 bridgehead atoms. The zero-order chi connectivity index (χ0) is 16.3. The lowest BCUT2D eigenvalue weighted by molar-refractivity contribution is -0.0443. The van der Waals surface area contributed by atoms with Gasteiger partial charge in [-0.15, -0.1) is 0 Å². The van der Waals surface area contributed by atoms with Gasteiger partial charge in [-0.25, -0.2) is 0 Å². The normalized spacial score (nSPS) is 26.5. The zero-order valence-electron chi connectivity index (χ0n) is 13.9. The van der Waals surface area contributed by atoms with E-state index in [0.717, 1.165) is 38.2 Å². The van der Waals surface area contributed by atoms with E-state index in [4.69, 9.17) is 4.74 Å². The molecule has 1 aliphatic heterocycles. The highest BCUT2D eigenvalue weighted by Gasteiger charge is 2.18. The predicted octanol–water partition coefficient (Wildman–Crippen LogP) is 1.98. The van der Waals surface area contributed by atoms with Gasteiger partial charge in [-0.05, 0) is 37.9 Å². The third-order valence-corrected chi connectivity index (χ3v) is 4.35. The minimum atomic E-state index is -0.797. The first-order valence-corrected chi connectivity index (χ1v) is 8.82. The summed E-state index contributed by atoms with van der Waals surface area (Å²) < 4.78 is 5.45. The Morgan fingerprint density at radius 2 is 1.87 bits per heavy atom. The minimum absolute atomic E-state index is 0.224. The molecule has 0 spiro atoms. The molecular formula is C18H30N2O3. The van der Waals surface area contributed by atoms with Crippen LogP contribution in [0.25, 0.3) is 0 Å². The summed E-state index contributed by atoms with van der Waals surface area (Å²) >= 11 is 0. The summed E-state index contributed by atoms with van der Waals surface area (Å²) in [6.45, 7) is 3.46. The molecule has 1 aromatic rings. The molecule has 1 aliphatic rings. The topological polar surface area (TPSA) is 65.8 Å². The number of aliphatic hydroxyl groups is 2. The largest absolute Gasteiger partial charge is 0.390 e. The zero-order valence-corrected chi connectivity index (χ0v) is 13.9. The molecule has 0 unspecified atom stereocenters. The number of ether oxygens (including phenoxy) is 1. The number of hydrogen-bond donors (Lipinski definition) is 2. The fourth-order valence-electron chi connectivity index (χ4n) is 2.88. The van der Waals surface area contributed by atoms with Gasteiger partial charge in [-0.3, -0.25) is 9.88 Å². The van der Waals surface area contributed by atoms with Gasteiger partial charge < -0.3 is 14.9 Å². The van der Waals surface area contributed by atoms with Crippen LogP contribution in [0.2, 0.25) is 0 Å². The molecule has 2 atom stereocenters. The van der Waals surface area contributed by atoms with Crippen LogP contribution in [0.3, 0.4) is 0 Å². The van der Waals surface area contributed by atoms with Gasteiger partial charge in [0.05, 0.1) is 18.4 Å². The molecule has 0 radical (unpaired) electrons. The summed E-state index contributed by atoms with van der Waals surface area (Å²) in [5.74, 6) is 0. The second kappa shape index (κ2) is 10.7. The van der Waals surface area contributed by atoms with Crippen LogP contribution in [0.4, 0.5) is 0 Å². The molecule has 5 heteroatoms. The van der Waals surface area contributed by atoms with E-state index in [0.29, 0.717) is 13.0 Å². The molecular weight excluding hydrogens is 292 g/mol. The van der Waals surface area contributed by atoms with Gasteiger partial charge in [0, 0.05) is 25.9 Å².